The predicted octanol–water partition coefficient (Wildman–Crippen LogP) is 0.642. The number of amides is 1. The summed E-state index contributed by atoms with van der Waals surface area (Å²) in [6, 6.07) is 0.0648. The maximum Gasteiger partial charge on any atom is 0.248 e. The summed E-state index contributed by atoms with van der Waals surface area (Å²) in [6.45, 7) is 5.94. The first-order chi connectivity index (χ1) is 7.15. The standard InChI is InChI=1S/C11H21NO3/c1-9(2)3-5-12-10(4-6-13)7-15-8-11(12)14/h9-10,13H,3-8H2,1-2H3. The summed E-state index contributed by atoms with van der Waals surface area (Å²) in [4.78, 5) is 13.5. The van der Waals surface area contributed by atoms with Crippen LogP contribution in [0.15, 0.2) is 0 Å². The molecular weight excluding hydrogens is 194 g/mol. The highest BCUT2D eigenvalue weighted by atomic mass is 16.5. The van der Waals surface area contributed by atoms with Gasteiger partial charge in [-0.1, -0.05) is 13.8 Å². The normalized spacial score (nSPS) is 22.5. The van der Waals surface area contributed by atoms with Crippen LogP contribution in [0.3, 0.4) is 0 Å². The number of hydrogen-bond acceptors (Lipinski definition) is 3. The minimum Gasteiger partial charge on any atom is -0.396 e. The summed E-state index contributed by atoms with van der Waals surface area (Å²) in [6.07, 6.45) is 1.62. The summed E-state index contributed by atoms with van der Waals surface area (Å²) >= 11 is 0. The van der Waals surface area contributed by atoms with Crippen LogP contribution >= 0.6 is 0 Å². The molecule has 1 rings (SSSR count). The van der Waals surface area contributed by atoms with E-state index in [4.69, 9.17) is 9.84 Å². The maximum atomic E-state index is 11.6. The second-order valence-electron chi connectivity index (χ2n) is 4.45. The van der Waals surface area contributed by atoms with Gasteiger partial charge in [-0.05, 0) is 18.8 Å². The number of nitrogens with zero attached hydrogens (tertiary/aromatic N) is 1. The van der Waals surface area contributed by atoms with E-state index in [0.717, 1.165) is 13.0 Å². The van der Waals surface area contributed by atoms with Crippen molar-refractivity contribution in [2.75, 3.05) is 26.4 Å². The van der Waals surface area contributed by atoms with Gasteiger partial charge in [0, 0.05) is 13.2 Å². The van der Waals surface area contributed by atoms with Crippen LogP contribution in [0.5, 0.6) is 0 Å². The second-order valence-corrected chi connectivity index (χ2v) is 4.45. The van der Waals surface area contributed by atoms with Gasteiger partial charge in [0.1, 0.15) is 6.61 Å². The Balaban J connectivity index is 2.48. The fourth-order valence-electron chi connectivity index (χ4n) is 1.75. The lowest BCUT2D eigenvalue weighted by Gasteiger charge is -2.35. The van der Waals surface area contributed by atoms with Gasteiger partial charge in [0.15, 0.2) is 0 Å². The molecule has 0 aliphatic carbocycles. The molecule has 0 radical (unpaired) electrons. The van der Waals surface area contributed by atoms with E-state index in [1.54, 1.807) is 0 Å². The number of aliphatic hydroxyl groups is 1. The fraction of sp³-hybridized carbons (Fsp3) is 0.909. The molecule has 0 bridgehead atoms. The van der Waals surface area contributed by atoms with Crippen molar-refractivity contribution in [2.45, 2.75) is 32.7 Å². The Kier molecular flexibility index (Phi) is 5.05. The first-order valence-electron chi connectivity index (χ1n) is 5.63. The number of morpholine rings is 1. The van der Waals surface area contributed by atoms with Gasteiger partial charge in [0.2, 0.25) is 5.91 Å². The van der Waals surface area contributed by atoms with Crippen LogP contribution in [0.4, 0.5) is 0 Å². The van der Waals surface area contributed by atoms with Gasteiger partial charge in [-0.25, -0.2) is 0 Å². The number of carbonyl (C=O) groups excluding carboxylic acids is 1. The molecule has 1 unspecified atom stereocenters. The van der Waals surface area contributed by atoms with Crippen LogP contribution in [0, 0.1) is 5.92 Å². The highest BCUT2D eigenvalue weighted by Crippen LogP contribution is 2.13. The predicted molar refractivity (Wildman–Crippen MR) is 57.5 cm³/mol. The van der Waals surface area contributed by atoms with Gasteiger partial charge < -0.3 is 14.7 Å². The molecular formula is C11H21NO3. The fourth-order valence-corrected chi connectivity index (χ4v) is 1.75. The molecule has 0 aromatic heterocycles. The van der Waals surface area contributed by atoms with Gasteiger partial charge in [-0.2, -0.15) is 0 Å². The first-order valence-corrected chi connectivity index (χ1v) is 5.63. The third-order valence-electron chi connectivity index (χ3n) is 2.71. The average molecular weight is 215 g/mol. The topological polar surface area (TPSA) is 49.8 Å². The van der Waals surface area contributed by atoms with Crippen LogP contribution in [-0.2, 0) is 9.53 Å². The van der Waals surface area contributed by atoms with E-state index in [1.807, 2.05) is 4.90 Å². The van der Waals surface area contributed by atoms with E-state index < -0.39 is 0 Å². The lowest BCUT2D eigenvalue weighted by molar-refractivity contribution is -0.148. The maximum absolute atomic E-state index is 11.6. The summed E-state index contributed by atoms with van der Waals surface area (Å²) < 4.78 is 5.18. The van der Waals surface area contributed by atoms with Gasteiger partial charge in [0.25, 0.3) is 0 Å². The summed E-state index contributed by atoms with van der Waals surface area (Å²) in [7, 11) is 0. The van der Waals surface area contributed by atoms with Crippen molar-refractivity contribution in [1.82, 2.24) is 4.90 Å². The van der Waals surface area contributed by atoms with Crippen molar-refractivity contribution in [3.05, 3.63) is 0 Å². The van der Waals surface area contributed by atoms with Crippen LogP contribution in [0.1, 0.15) is 26.7 Å². The van der Waals surface area contributed by atoms with Gasteiger partial charge in [-0.3, -0.25) is 4.79 Å². The van der Waals surface area contributed by atoms with E-state index in [9.17, 15) is 4.79 Å². The van der Waals surface area contributed by atoms with E-state index >= 15 is 0 Å². The lowest BCUT2D eigenvalue weighted by Crippen LogP contribution is -2.50. The molecule has 15 heavy (non-hydrogen) atoms. The summed E-state index contributed by atoms with van der Waals surface area (Å²) in [5.41, 5.74) is 0. The van der Waals surface area contributed by atoms with Gasteiger partial charge >= 0.3 is 0 Å². The monoisotopic (exact) mass is 215 g/mol. The van der Waals surface area contributed by atoms with Crippen molar-refractivity contribution in [3.8, 4) is 0 Å². The number of carbonyl (C=O) groups is 1. The lowest BCUT2D eigenvalue weighted by atomic mass is 10.1. The largest absolute Gasteiger partial charge is 0.396 e. The number of hydrogen-bond donors (Lipinski definition) is 1. The zero-order chi connectivity index (χ0) is 11.3. The Morgan fingerprint density at radius 2 is 2.33 bits per heavy atom. The molecule has 0 spiro atoms. The molecule has 1 atom stereocenters. The molecule has 0 aromatic rings. The third kappa shape index (κ3) is 3.80. The zero-order valence-corrected chi connectivity index (χ0v) is 9.61. The van der Waals surface area contributed by atoms with E-state index in [-0.39, 0.29) is 25.2 Å². The van der Waals surface area contributed by atoms with Crippen LogP contribution < -0.4 is 0 Å². The third-order valence-corrected chi connectivity index (χ3v) is 2.71. The highest BCUT2D eigenvalue weighted by Gasteiger charge is 2.27. The van der Waals surface area contributed by atoms with Crippen LogP contribution in [0.2, 0.25) is 0 Å². The quantitative estimate of drug-likeness (QED) is 0.732. The minimum absolute atomic E-state index is 0.0559. The highest BCUT2D eigenvalue weighted by molar-refractivity contribution is 5.78. The van der Waals surface area contributed by atoms with Crippen molar-refractivity contribution < 1.29 is 14.6 Å². The van der Waals surface area contributed by atoms with Crippen molar-refractivity contribution >= 4 is 5.91 Å². The van der Waals surface area contributed by atoms with Gasteiger partial charge in [0.05, 0.1) is 12.6 Å². The molecule has 4 heteroatoms. The number of ether oxygens (including phenoxy) is 1. The van der Waals surface area contributed by atoms with Crippen molar-refractivity contribution in [1.29, 1.82) is 0 Å². The molecule has 1 saturated heterocycles. The molecule has 0 aromatic carbocycles. The first kappa shape index (κ1) is 12.5. The van der Waals surface area contributed by atoms with Crippen LogP contribution in [-0.4, -0.2) is 48.3 Å². The van der Waals surface area contributed by atoms with E-state index in [0.29, 0.717) is 18.9 Å². The van der Waals surface area contributed by atoms with Crippen molar-refractivity contribution in [3.63, 3.8) is 0 Å². The van der Waals surface area contributed by atoms with Gasteiger partial charge in [-0.15, -0.1) is 0 Å². The number of rotatable bonds is 5. The minimum atomic E-state index is 0.0559. The molecule has 88 valence electrons. The number of aliphatic hydroxyl groups excluding tert-OH is 1. The summed E-state index contributed by atoms with van der Waals surface area (Å²) in [5.74, 6) is 0.649. The van der Waals surface area contributed by atoms with Crippen LogP contribution in [0.25, 0.3) is 0 Å². The van der Waals surface area contributed by atoms with E-state index in [1.165, 1.54) is 0 Å². The van der Waals surface area contributed by atoms with E-state index in [2.05, 4.69) is 13.8 Å². The molecule has 0 saturated carbocycles. The Bertz CT molecular complexity index is 204. The molecule has 1 amide bonds. The molecule has 1 fully saturated rings. The molecule has 1 aliphatic rings. The van der Waals surface area contributed by atoms with Crippen molar-refractivity contribution in [2.24, 2.45) is 5.92 Å². The smallest absolute Gasteiger partial charge is 0.248 e. The summed E-state index contributed by atoms with van der Waals surface area (Å²) in [5, 5.41) is 8.91. The molecule has 1 aliphatic heterocycles. The second kappa shape index (κ2) is 6.08. The Morgan fingerprint density at radius 1 is 1.60 bits per heavy atom. The molecule has 4 nitrogen and oxygen atoms in total. The zero-order valence-electron chi connectivity index (χ0n) is 9.61. The molecule has 1 N–H and O–H groups in total. The SMILES string of the molecule is CC(C)CCN1C(=O)COCC1CCO. The average Bonchev–Trinajstić information content (AvgIpc) is 2.17. The molecule has 1 heterocycles. The Morgan fingerprint density at radius 3 is 2.93 bits per heavy atom. The Hall–Kier alpha value is -0.610. The Labute approximate surface area is 91.2 Å².